The molecule has 0 spiro atoms. The van der Waals surface area contributed by atoms with Crippen molar-refractivity contribution in [2.45, 2.75) is 19.8 Å². The van der Waals surface area contributed by atoms with Crippen molar-refractivity contribution in [3.05, 3.63) is 28.5 Å². The Morgan fingerprint density at radius 2 is 2.00 bits per heavy atom. The summed E-state index contributed by atoms with van der Waals surface area (Å²) < 4.78 is 13.1. The van der Waals surface area contributed by atoms with E-state index in [0.717, 1.165) is 0 Å². The van der Waals surface area contributed by atoms with E-state index in [1.807, 2.05) is 13.8 Å². The standard InChI is InChI=1S/C9H11ClFN/c1-5(2)8-7(11)4-3-6(10)9(8)12/h3-5H,12H2,1-2H3. The number of halogens is 2. The third kappa shape index (κ3) is 1.53. The summed E-state index contributed by atoms with van der Waals surface area (Å²) in [6.07, 6.45) is 0. The van der Waals surface area contributed by atoms with Crippen molar-refractivity contribution < 1.29 is 4.39 Å². The maximum atomic E-state index is 13.1. The lowest BCUT2D eigenvalue weighted by Crippen LogP contribution is -2.00. The molecule has 0 saturated heterocycles. The third-order valence-corrected chi connectivity index (χ3v) is 2.09. The minimum Gasteiger partial charge on any atom is -0.397 e. The second-order valence-electron chi connectivity index (χ2n) is 3.01. The Hall–Kier alpha value is -0.760. The van der Waals surface area contributed by atoms with Crippen molar-refractivity contribution in [2.24, 2.45) is 0 Å². The van der Waals surface area contributed by atoms with Gasteiger partial charge in [-0.3, -0.25) is 0 Å². The van der Waals surface area contributed by atoms with E-state index >= 15 is 0 Å². The lowest BCUT2D eigenvalue weighted by atomic mass is 10.0. The van der Waals surface area contributed by atoms with E-state index in [4.69, 9.17) is 17.3 Å². The fraction of sp³-hybridized carbons (Fsp3) is 0.333. The number of benzene rings is 1. The molecule has 0 aliphatic heterocycles. The van der Waals surface area contributed by atoms with Gasteiger partial charge in [0, 0.05) is 5.56 Å². The zero-order valence-electron chi connectivity index (χ0n) is 7.07. The first-order valence-electron chi connectivity index (χ1n) is 3.77. The summed E-state index contributed by atoms with van der Waals surface area (Å²) in [7, 11) is 0. The smallest absolute Gasteiger partial charge is 0.128 e. The zero-order valence-corrected chi connectivity index (χ0v) is 7.82. The van der Waals surface area contributed by atoms with E-state index in [9.17, 15) is 4.39 Å². The molecule has 0 bridgehead atoms. The van der Waals surface area contributed by atoms with Crippen LogP contribution >= 0.6 is 11.6 Å². The van der Waals surface area contributed by atoms with E-state index < -0.39 is 0 Å². The van der Waals surface area contributed by atoms with Crippen LogP contribution in [0.2, 0.25) is 5.02 Å². The van der Waals surface area contributed by atoms with Gasteiger partial charge in [-0.25, -0.2) is 4.39 Å². The maximum absolute atomic E-state index is 13.1. The summed E-state index contributed by atoms with van der Waals surface area (Å²) >= 11 is 5.74. The Morgan fingerprint density at radius 3 is 2.42 bits per heavy atom. The van der Waals surface area contributed by atoms with Gasteiger partial charge in [-0.15, -0.1) is 0 Å². The van der Waals surface area contributed by atoms with Crippen LogP contribution in [0, 0.1) is 5.82 Å². The largest absolute Gasteiger partial charge is 0.397 e. The third-order valence-electron chi connectivity index (χ3n) is 1.76. The molecule has 0 aliphatic rings. The molecule has 0 aliphatic carbocycles. The van der Waals surface area contributed by atoms with Gasteiger partial charge in [-0.05, 0) is 18.1 Å². The van der Waals surface area contributed by atoms with E-state index in [0.29, 0.717) is 16.3 Å². The molecule has 1 aromatic carbocycles. The summed E-state index contributed by atoms with van der Waals surface area (Å²) in [5.74, 6) is -0.226. The quantitative estimate of drug-likeness (QED) is 0.672. The van der Waals surface area contributed by atoms with Crippen LogP contribution in [-0.2, 0) is 0 Å². The average molecular weight is 188 g/mol. The van der Waals surface area contributed by atoms with Crippen LogP contribution in [0.3, 0.4) is 0 Å². The van der Waals surface area contributed by atoms with E-state index in [1.165, 1.54) is 12.1 Å². The highest BCUT2D eigenvalue weighted by atomic mass is 35.5. The number of hydrogen-bond acceptors (Lipinski definition) is 1. The monoisotopic (exact) mass is 187 g/mol. The summed E-state index contributed by atoms with van der Waals surface area (Å²) in [5, 5.41) is 0.417. The molecule has 0 fully saturated rings. The highest BCUT2D eigenvalue weighted by Crippen LogP contribution is 2.30. The Balaban J connectivity index is 3.33. The normalized spacial score (nSPS) is 10.8. The molecule has 0 atom stereocenters. The number of hydrogen-bond donors (Lipinski definition) is 1. The number of rotatable bonds is 1. The van der Waals surface area contributed by atoms with Gasteiger partial charge in [0.05, 0.1) is 10.7 Å². The maximum Gasteiger partial charge on any atom is 0.128 e. The number of nitrogen functional groups attached to an aromatic ring is 1. The van der Waals surface area contributed by atoms with Crippen LogP contribution < -0.4 is 5.73 Å². The lowest BCUT2D eigenvalue weighted by molar-refractivity contribution is 0.600. The molecular weight excluding hydrogens is 177 g/mol. The highest BCUT2D eigenvalue weighted by Gasteiger charge is 2.12. The Labute approximate surface area is 76.3 Å². The van der Waals surface area contributed by atoms with Crippen LogP contribution in [0.5, 0.6) is 0 Å². The molecule has 3 heteroatoms. The minimum atomic E-state index is -0.285. The molecule has 1 aromatic rings. The summed E-state index contributed by atoms with van der Waals surface area (Å²) in [4.78, 5) is 0. The van der Waals surface area contributed by atoms with Gasteiger partial charge in [0.1, 0.15) is 5.82 Å². The number of nitrogens with two attached hydrogens (primary N) is 1. The minimum absolute atomic E-state index is 0.0590. The average Bonchev–Trinajstić information content (AvgIpc) is 1.97. The molecule has 0 heterocycles. The second-order valence-corrected chi connectivity index (χ2v) is 3.42. The zero-order chi connectivity index (χ0) is 9.30. The fourth-order valence-electron chi connectivity index (χ4n) is 1.17. The molecule has 0 radical (unpaired) electrons. The summed E-state index contributed by atoms with van der Waals surface area (Å²) in [6.45, 7) is 3.76. The van der Waals surface area contributed by atoms with Crippen molar-refractivity contribution in [2.75, 3.05) is 5.73 Å². The van der Waals surface area contributed by atoms with Gasteiger partial charge in [-0.1, -0.05) is 25.4 Å². The van der Waals surface area contributed by atoms with Gasteiger partial charge in [-0.2, -0.15) is 0 Å². The van der Waals surface area contributed by atoms with Gasteiger partial charge >= 0.3 is 0 Å². The van der Waals surface area contributed by atoms with Crippen molar-refractivity contribution in [3.63, 3.8) is 0 Å². The van der Waals surface area contributed by atoms with Crippen LogP contribution in [0.1, 0.15) is 25.3 Å². The topological polar surface area (TPSA) is 26.0 Å². The molecule has 1 rings (SSSR count). The van der Waals surface area contributed by atoms with Gasteiger partial charge in [0.15, 0.2) is 0 Å². The van der Waals surface area contributed by atoms with Gasteiger partial charge in [0.2, 0.25) is 0 Å². The van der Waals surface area contributed by atoms with E-state index in [1.54, 1.807) is 0 Å². The van der Waals surface area contributed by atoms with Gasteiger partial charge in [0.25, 0.3) is 0 Å². The molecule has 1 nitrogen and oxygen atoms in total. The predicted octanol–water partition coefficient (Wildman–Crippen LogP) is 3.18. The summed E-state index contributed by atoms with van der Waals surface area (Å²) in [6, 6.07) is 2.81. The van der Waals surface area contributed by atoms with Crippen molar-refractivity contribution in [1.82, 2.24) is 0 Å². The fourth-order valence-corrected chi connectivity index (χ4v) is 1.33. The first-order chi connectivity index (χ1) is 5.54. The molecule has 0 saturated carbocycles. The molecule has 0 amide bonds. The lowest BCUT2D eigenvalue weighted by Gasteiger charge is -2.11. The van der Waals surface area contributed by atoms with Gasteiger partial charge < -0.3 is 5.73 Å². The molecule has 0 unspecified atom stereocenters. The van der Waals surface area contributed by atoms with Crippen molar-refractivity contribution in [3.8, 4) is 0 Å². The molecule has 12 heavy (non-hydrogen) atoms. The van der Waals surface area contributed by atoms with E-state index in [-0.39, 0.29) is 11.7 Å². The summed E-state index contributed by atoms with van der Waals surface area (Å²) in [5.41, 5.74) is 6.47. The highest BCUT2D eigenvalue weighted by molar-refractivity contribution is 6.33. The first-order valence-corrected chi connectivity index (χ1v) is 4.15. The Bertz CT molecular complexity index is 297. The van der Waals surface area contributed by atoms with Crippen molar-refractivity contribution >= 4 is 17.3 Å². The molecule has 66 valence electrons. The Morgan fingerprint density at radius 1 is 1.42 bits per heavy atom. The SMILES string of the molecule is CC(C)c1c(F)ccc(Cl)c1N. The van der Waals surface area contributed by atoms with Crippen LogP contribution in [0.15, 0.2) is 12.1 Å². The molecule has 2 N–H and O–H groups in total. The van der Waals surface area contributed by atoms with Crippen LogP contribution in [0.4, 0.5) is 10.1 Å². The van der Waals surface area contributed by atoms with E-state index in [2.05, 4.69) is 0 Å². The molecule has 0 aromatic heterocycles. The number of anilines is 1. The predicted molar refractivity (Wildman–Crippen MR) is 49.9 cm³/mol. The second kappa shape index (κ2) is 3.31. The van der Waals surface area contributed by atoms with Crippen LogP contribution in [0.25, 0.3) is 0 Å². The molecular formula is C9H11ClFN. The van der Waals surface area contributed by atoms with Crippen LogP contribution in [-0.4, -0.2) is 0 Å². The van der Waals surface area contributed by atoms with Crippen molar-refractivity contribution in [1.29, 1.82) is 0 Å². The first kappa shape index (κ1) is 9.33. The Kier molecular flexibility index (Phi) is 2.58.